The van der Waals surface area contributed by atoms with Crippen LogP contribution in [0.3, 0.4) is 0 Å². The van der Waals surface area contributed by atoms with Crippen LogP contribution in [-0.2, 0) is 9.59 Å². The Balaban J connectivity index is 4.42. The van der Waals surface area contributed by atoms with E-state index < -0.39 is 18.0 Å². The molecule has 20 heavy (non-hydrogen) atoms. The van der Waals surface area contributed by atoms with Crippen LogP contribution in [0.1, 0.15) is 34.1 Å². The molecule has 0 saturated carbocycles. The summed E-state index contributed by atoms with van der Waals surface area (Å²) in [4.78, 5) is 37.4. The normalized spacial score (nSPS) is 11.6. The number of rotatable bonds is 8. The van der Waals surface area contributed by atoms with Crippen LogP contribution in [0.15, 0.2) is 0 Å². The summed E-state index contributed by atoms with van der Waals surface area (Å²) in [7, 11) is 0. The van der Waals surface area contributed by atoms with Gasteiger partial charge in [0.1, 0.15) is 0 Å². The van der Waals surface area contributed by atoms with Crippen LogP contribution >= 0.6 is 0 Å². The van der Waals surface area contributed by atoms with E-state index in [2.05, 4.69) is 5.32 Å². The van der Waals surface area contributed by atoms with Crippen molar-refractivity contribution in [2.75, 3.05) is 26.2 Å². The largest absolute Gasteiger partial charge is 0.481 e. The van der Waals surface area contributed by atoms with Gasteiger partial charge in [-0.05, 0) is 27.7 Å². The molecular formula is C13H25N3O4. The molecule has 0 aromatic rings. The molecule has 7 heteroatoms. The van der Waals surface area contributed by atoms with E-state index in [1.807, 2.05) is 13.8 Å². The third-order valence-corrected chi connectivity index (χ3v) is 3.11. The van der Waals surface area contributed by atoms with E-state index in [0.29, 0.717) is 19.6 Å². The first-order chi connectivity index (χ1) is 9.37. The maximum absolute atomic E-state index is 12.0. The summed E-state index contributed by atoms with van der Waals surface area (Å²) in [6.07, 6.45) is -0.120. The van der Waals surface area contributed by atoms with Crippen LogP contribution in [0.4, 0.5) is 4.79 Å². The van der Waals surface area contributed by atoms with Crippen molar-refractivity contribution < 1.29 is 19.5 Å². The molecule has 0 saturated heterocycles. The first kappa shape index (κ1) is 18.2. The molecule has 3 amide bonds. The molecule has 0 heterocycles. The molecule has 0 aliphatic carbocycles. The number of nitrogens with zero attached hydrogens (tertiary/aromatic N) is 2. The van der Waals surface area contributed by atoms with Crippen molar-refractivity contribution in [3.63, 3.8) is 0 Å². The van der Waals surface area contributed by atoms with Gasteiger partial charge < -0.3 is 20.2 Å². The molecule has 0 aromatic heterocycles. The Morgan fingerprint density at radius 2 is 1.65 bits per heavy atom. The van der Waals surface area contributed by atoms with Gasteiger partial charge in [0.2, 0.25) is 5.91 Å². The van der Waals surface area contributed by atoms with Gasteiger partial charge >= 0.3 is 12.0 Å². The second-order valence-corrected chi connectivity index (χ2v) is 4.46. The van der Waals surface area contributed by atoms with Crippen molar-refractivity contribution >= 4 is 17.9 Å². The third-order valence-electron chi connectivity index (χ3n) is 3.11. The Hall–Kier alpha value is -1.79. The first-order valence-corrected chi connectivity index (χ1v) is 6.91. The fourth-order valence-corrected chi connectivity index (χ4v) is 1.96. The van der Waals surface area contributed by atoms with Gasteiger partial charge in [-0.25, -0.2) is 4.79 Å². The number of carboxylic acid groups (broad SMARTS) is 1. The van der Waals surface area contributed by atoms with E-state index in [0.717, 1.165) is 0 Å². The molecule has 1 atom stereocenters. The van der Waals surface area contributed by atoms with E-state index in [1.165, 1.54) is 4.90 Å². The van der Waals surface area contributed by atoms with Crippen LogP contribution in [-0.4, -0.2) is 65.0 Å². The molecule has 0 fully saturated rings. The molecule has 0 bridgehead atoms. The second kappa shape index (κ2) is 9.17. The minimum absolute atomic E-state index is 0.0726. The fourth-order valence-electron chi connectivity index (χ4n) is 1.96. The zero-order valence-electron chi connectivity index (χ0n) is 12.7. The van der Waals surface area contributed by atoms with E-state index in [9.17, 15) is 14.4 Å². The van der Waals surface area contributed by atoms with Crippen LogP contribution in [0, 0.1) is 0 Å². The smallest absolute Gasteiger partial charge is 0.318 e. The van der Waals surface area contributed by atoms with Gasteiger partial charge in [0, 0.05) is 25.7 Å². The molecule has 0 aromatic carbocycles. The Kier molecular flexibility index (Phi) is 8.35. The lowest BCUT2D eigenvalue weighted by atomic mass is 10.2. The van der Waals surface area contributed by atoms with Gasteiger partial charge in [-0.15, -0.1) is 0 Å². The number of aliphatic carboxylic acids is 1. The molecule has 0 aliphatic rings. The van der Waals surface area contributed by atoms with Crippen molar-refractivity contribution in [1.82, 2.24) is 15.1 Å². The number of likely N-dealkylation sites (N-methyl/N-ethyl adjacent to an activating group) is 1. The van der Waals surface area contributed by atoms with E-state index in [1.54, 1.807) is 18.7 Å². The first-order valence-electron chi connectivity index (χ1n) is 6.91. The maximum atomic E-state index is 12.0. The van der Waals surface area contributed by atoms with Crippen molar-refractivity contribution in [1.29, 1.82) is 0 Å². The highest BCUT2D eigenvalue weighted by Gasteiger charge is 2.21. The van der Waals surface area contributed by atoms with Crippen molar-refractivity contribution in [2.45, 2.75) is 40.2 Å². The monoisotopic (exact) mass is 287 g/mol. The minimum Gasteiger partial charge on any atom is -0.481 e. The zero-order chi connectivity index (χ0) is 15.7. The highest BCUT2D eigenvalue weighted by atomic mass is 16.4. The average molecular weight is 287 g/mol. The second-order valence-electron chi connectivity index (χ2n) is 4.46. The summed E-state index contributed by atoms with van der Waals surface area (Å²) in [5.74, 6) is -1.10. The summed E-state index contributed by atoms with van der Waals surface area (Å²) < 4.78 is 0. The minimum atomic E-state index is -0.956. The molecule has 1 unspecified atom stereocenters. The highest BCUT2D eigenvalue weighted by molar-refractivity contribution is 5.84. The van der Waals surface area contributed by atoms with Crippen molar-refractivity contribution in [3.8, 4) is 0 Å². The van der Waals surface area contributed by atoms with Crippen LogP contribution < -0.4 is 5.32 Å². The summed E-state index contributed by atoms with van der Waals surface area (Å²) >= 11 is 0. The van der Waals surface area contributed by atoms with Gasteiger partial charge in [-0.3, -0.25) is 9.59 Å². The Labute approximate surface area is 119 Å². The topological polar surface area (TPSA) is 90.0 Å². The molecule has 0 aliphatic heterocycles. The Morgan fingerprint density at radius 3 is 2.05 bits per heavy atom. The van der Waals surface area contributed by atoms with Crippen molar-refractivity contribution in [2.24, 2.45) is 0 Å². The molecular weight excluding hydrogens is 262 g/mol. The van der Waals surface area contributed by atoms with Crippen LogP contribution in [0.2, 0.25) is 0 Å². The number of nitrogens with one attached hydrogen (secondary N) is 1. The number of urea groups is 1. The number of carbonyl (C=O) groups is 3. The molecule has 0 radical (unpaired) electrons. The fraction of sp³-hybridized carbons (Fsp3) is 0.769. The number of hydrogen-bond donors (Lipinski definition) is 2. The molecule has 0 spiro atoms. The van der Waals surface area contributed by atoms with Gasteiger partial charge in [-0.1, -0.05) is 0 Å². The number of amides is 3. The van der Waals surface area contributed by atoms with Gasteiger partial charge in [0.25, 0.3) is 0 Å². The highest BCUT2D eigenvalue weighted by Crippen LogP contribution is 2.04. The van der Waals surface area contributed by atoms with E-state index in [4.69, 9.17) is 5.11 Å². The number of carbonyl (C=O) groups excluding carboxylic acids is 2. The van der Waals surface area contributed by atoms with Gasteiger partial charge in [0.15, 0.2) is 0 Å². The number of hydrogen-bond acceptors (Lipinski definition) is 3. The molecule has 7 nitrogen and oxygen atoms in total. The zero-order valence-corrected chi connectivity index (χ0v) is 12.7. The summed E-state index contributed by atoms with van der Waals surface area (Å²) in [5.41, 5.74) is 0. The van der Waals surface area contributed by atoms with Gasteiger partial charge in [-0.2, -0.15) is 0 Å². The number of carboxylic acids is 1. The van der Waals surface area contributed by atoms with E-state index in [-0.39, 0.29) is 18.9 Å². The lowest BCUT2D eigenvalue weighted by Gasteiger charge is -2.27. The Bertz CT molecular complexity index is 343. The lowest BCUT2D eigenvalue weighted by molar-refractivity contribution is -0.138. The molecule has 116 valence electrons. The van der Waals surface area contributed by atoms with Crippen LogP contribution in [0.5, 0.6) is 0 Å². The molecule has 0 rings (SSSR count). The average Bonchev–Trinajstić information content (AvgIpc) is 2.37. The SMILES string of the molecule is CCN(CC)C(=O)CNC(=O)N(CC)C(C)CC(=O)O. The summed E-state index contributed by atoms with van der Waals surface area (Å²) in [5, 5.41) is 11.3. The predicted octanol–water partition coefficient (Wildman–Crippen LogP) is 0.750. The summed E-state index contributed by atoms with van der Waals surface area (Å²) in [6.45, 7) is 8.69. The Morgan fingerprint density at radius 1 is 1.10 bits per heavy atom. The van der Waals surface area contributed by atoms with Crippen LogP contribution in [0.25, 0.3) is 0 Å². The van der Waals surface area contributed by atoms with Gasteiger partial charge in [0.05, 0.1) is 13.0 Å². The van der Waals surface area contributed by atoms with E-state index >= 15 is 0 Å². The summed E-state index contributed by atoms with van der Waals surface area (Å²) in [6, 6.07) is -0.831. The standard InChI is InChI=1S/C13H25N3O4/c1-5-15(6-2)11(17)9-14-13(20)16(7-3)10(4)8-12(18)19/h10H,5-9H2,1-4H3,(H,14,20)(H,18,19). The lowest BCUT2D eigenvalue weighted by Crippen LogP contribution is -2.48. The predicted molar refractivity (Wildman–Crippen MR) is 75.4 cm³/mol. The third kappa shape index (κ3) is 5.90. The maximum Gasteiger partial charge on any atom is 0.318 e. The van der Waals surface area contributed by atoms with Crippen molar-refractivity contribution in [3.05, 3.63) is 0 Å². The quantitative estimate of drug-likeness (QED) is 0.689. The molecule has 2 N–H and O–H groups in total.